The third-order valence-electron chi connectivity index (χ3n) is 17.5. The van der Waals surface area contributed by atoms with Crippen LogP contribution in [0.15, 0.2) is 212 Å². The molecule has 9 aromatic rings. The van der Waals surface area contributed by atoms with Crippen molar-refractivity contribution in [3.63, 3.8) is 0 Å². The minimum absolute atomic E-state index is 0.121. The number of nitrogens with zero attached hydrogens (tertiary/aromatic N) is 1. The zero-order chi connectivity index (χ0) is 43.1. The highest BCUT2D eigenvalue weighted by Gasteiger charge is 2.61. The Balaban J connectivity index is 0.967. The van der Waals surface area contributed by atoms with E-state index in [4.69, 9.17) is 0 Å². The van der Waals surface area contributed by atoms with E-state index in [1.54, 1.807) is 11.1 Å². The van der Waals surface area contributed by atoms with Crippen molar-refractivity contribution in [1.29, 1.82) is 0 Å². The van der Waals surface area contributed by atoms with Crippen LogP contribution in [-0.2, 0) is 10.8 Å². The molecule has 7 aliphatic carbocycles. The molecule has 0 aromatic heterocycles. The first kappa shape index (κ1) is 37.0. The van der Waals surface area contributed by atoms with Gasteiger partial charge in [0.1, 0.15) is 0 Å². The molecule has 1 nitrogen and oxygen atoms in total. The molecule has 0 saturated heterocycles. The van der Waals surface area contributed by atoms with Crippen molar-refractivity contribution in [2.24, 2.45) is 23.7 Å². The van der Waals surface area contributed by atoms with Gasteiger partial charge in [-0.15, -0.1) is 0 Å². The van der Waals surface area contributed by atoms with Crippen LogP contribution in [0.3, 0.4) is 0 Å². The van der Waals surface area contributed by atoms with Gasteiger partial charge in [0.05, 0.1) is 11.1 Å². The van der Waals surface area contributed by atoms with Crippen LogP contribution in [0.4, 0.5) is 17.1 Å². The van der Waals surface area contributed by atoms with Crippen molar-refractivity contribution >= 4 is 17.1 Å². The Kier molecular flexibility index (Phi) is 7.67. The first-order valence-electron chi connectivity index (χ1n) is 24.4. The number of anilines is 3. The van der Waals surface area contributed by atoms with E-state index in [0.717, 1.165) is 29.4 Å². The Morgan fingerprint density at radius 1 is 0.318 bits per heavy atom. The van der Waals surface area contributed by atoms with E-state index in [-0.39, 0.29) is 5.41 Å². The second-order valence-electron chi connectivity index (χ2n) is 20.4. The van der Waals surface area contributed by atoms with E-state index >= 15 is 0 Å². The van der Waals surface area contributed by atoms with E-state index in [2.05, 4.69) is 217 Å². The predicted molar refractivity (Wildman–Crippen MR) is 272 cm³/mol. The molecule has 4 saturated carbocycles. The summed E-state index contributed by atoms with van der Waals surface area (Å²) >= 11 is 0. The Bertz CT molecular complexity index is 3350. The fourth-order valence-corrected chi connectivity index (χ4v) is 15.3. The van der Waals surface area contributed by atoms with Crippen LogP contribution in [0.25, 0.3) is 55.6 Å². The third-order valence-corrected chi connectivity index (χ3v) is 17.5. The molecule has 7 aliphatic rings. The van der Waals surface area contributed by atoms with Crippen molar-refractivity contribution in [2.75, 3.05) is 4.90 Å². The SMILES string of the molecule is c1ccc(-c2cccc(-c3ccc(N(c4ccc5c(c4)-c4ccccc4C54C5CC6CC(C5)CC4C6)c4cccc5c4C4(c6ccccc6-c6ccccc64)c4ccccc4-5)cc3)c2)cc1. The molecule has 66 heavy (non-hydrogen) atoms. The van der Waals surface area contributed by atoms with Crippen LogP contribution < -0.4 is 4.90 Å². The smallest absolute Gasteiger partial charge is 0.0746 e. The fourth-order valence-electron chi connectivity index (χ4n) is 15.3. The molecule has 0 atom stereocenters. The lowest BCUT2D eigenvalue weighted by Crippen LogP contribution is -2.55. The molecule has 0 radical (unpaired) electrons. The van der Waals surface area contributed by atoms with Crippen molar-refractivity contribution in [3.05, 3.63) is 246 Å². The maximum Gasteiger partial charge on any atom is 0.0746 e. The lowest BCUT2D eigenvalue weighted by atomic mass is 9.43. The summed E-state index contributed by atoms with van der Waals surface area (Å²) in [5, 5.41) is 0. The molecule has 4 fully saturated rings. The van der Waals surface area contributed by atoms with Crippen LogP contribution in [0, 0.1) is 23.7 Å². The first-order valence-corrected chi connectivity index (χ1v) is 24.4. The van der Waals surface area contributed by atoms with E-state index < -0.39 is 5.41 Å². The Morgan fingerprint density at radius 2 is 0.773 bits per heavy atom. The van der Waals surface area contributed by atoms with Crippen LogP contribution in [0.1, 0.15) is 65.5 Å². The molecule has 1 heteroatoms. The summed E-state index contributed by atoms with van der Waals surface area (Å²) in [4.78, 5) is 2.62. The molecule has 314 valence electrons. The minimum atomic E-state index is -0.487. The van der Waals surface area contributed by atoms with Gasteiger partial charge in [-0.25, -0.2) is 0 Å². The summed E-state index contributed by atoms with van der Waals surface area (Å²) in [6.07, 6.45) is 7.01. The molecular weight excluding hydrogens is 795 g/mol. The molecule has 0 aliphatic heterocycles. The molecule has 0 amide bonds. The highest BCUT2D eigenvalue weighted by molar-refractivity contribution is 6.00. The van der Waals surface area contributed by atoms with E-state index in [0.29, 0.717) is 0 Å². The van der Waals surface area contributed by atoms with Gasteiger partial charge in [0.25, 0.3) is 0 Å². The van der Waals surface area contributed by atoms with Crippen LogP contribution >= 0.6 is 0 Å². The third kappa shape index (κ3) is 4.80. The highest BCUT2D eigenvalue weighted by atomic mass is 15.1. The van der Waals surface area contributed by atoms with Gasteiger partial charge < -0.3 is 4.90 Å². The Morgan fingerprint density at radius 3 is 1.39 bits per heavy atom. The summed E-state index contributed by atoms with van der Waals surface area (Å²) in [5.41, 5.74) is 25.0. The van der Waals surface area contributed by atoms with E-state index in [1.807, 2.05) is 0 Å². The summed E-state index contributed by atoms with van der Waals surface area (Å²) < 4.78 is 0. The van der Waals surface area contributed by atoms with Crippen molar-refractivity contribution in [2.45, 2.75) is 42.9 Å². The lowest BCUT2D eigenvalue weighted by Gasteiger charge is -2.61. The Labute approximate surface area is 388 Å². The Hall–Kier alpha value is -7.22. The minimum Gasteiger partial charge on any atom is -0.310 e. The van der Waals surface area contributed by atoms with Crippen LogP contribution in [0.2, 0.25) is 0 Å². The fraction of sp³-hybridized carbons (Fsp3) is 0.169. The number of hydrogen-bond donors (Lipinski definition) is 0. The molecule has 2 spiro atoms. The van der Waals surface area contributed by atoms with Gasteiger partial charge >= 0.3 is 0 Å². The van der Waals surface area contributed by atoms with Crippen molar-refractivity contribution < 1.29 is 0 Å². The van der Waals surface area contributed by atoms with Gasteiger partial charge in [-0.05, 0) is 176 Å². The second-order valence-corrected chi connectivity index (χ2v) is 20.4. The van der Waals surface area contributed by atoms with Gasteiger partial charge in [0.15, 0.2) is 0 Å². The average Bonchev–Trinajstić information content (AvgIpc) is 3.96. The summed E-state index contributed by atoms with van der Waals surface area (Å²) in [5.74, 6) is 3.28. The second kappa shape index (κ2) is 13.7. The van der Waals surface area contributed by atoms with Crippen molar-refractivity contribution in [1.82, 2.24) is 0 Å². The first-order chi connectivity index (χ1) is 32.7. The molecule has 9 aromatic carbocycles. The average molecular weight is 844 g/mol. The van der Waals surface area contributed by atoms with E-state index in [1.165, 1.54) is 121 Å². The van der Waals surface area contributed by atoms with Gasteiger partial charge in [0.2, 0.25) is 0 Å². The van der Waals surface area contributed by atoms with Gasteiger partial charge in [-0.1, -0.05) is 176 Å². The monoisotopic (exact) mass is 843 g/mol. The van der Waals surface area contributed by atoms with Gasteiger partial charge in [0, 0.05) is 22.4 Å². The summed E-state index contributed by atoms with van der Waals surface area (Å²) in [6, 6.07) is 81.1. The molecule has 0 unspecified atom stereocenters. The molecule has 4 bridgehead atoms. The topological polar surface area (TPSA) is 3.24 Å². The van der Waals surface area contributed by atoms with Crippen molar-refractivity contribution in [3.8, 4) is 55.6 Å². The molecule has 0 heterocycles. The normalized spacial score (nSPS) is 22.4. The highest BCUT2D eigenvalue weighted by Crippen LogP contribution is 2.70. The number of rotatable bonds is 5. The maximum absolute atomic E-state index is 2.62. The van der Waals surface area contributed by atoms with Crippen LogP contribution in [0.5, 0.6) is 0 Å². The van der Waals surface area contributed by atoms with Crippen LogP contribution in [-0.4, -0.2) is 0 Å². The quantitative estimate of drug-likeness (QED) is 0.167. The molecule has 0 N–H and O–H groups in total. The zero-order valence-electron chi connectivity index (χ0n) is 37.0. The largest absolute Gasteiger partial charge is 0.310 e. The molecule has 16 rings (SSSR count). The number of benzene rings is 9. The molecular formula is C65H49N. The zero-order valence-corrected chi connectivity index (χ0v) is 37.0. The maximum atomic E-state index is 2.62. The standard InChI is InChI=1S/C65H49N/c1-2-14-43(15-3-1)45-16-12-17-46(39-45)44-28-30-49(31-29-44)66(50-32-33-61-56(40-50)54-21-7-8-23-57(54)64(61)47-35-41-34-42(37-47)38-48(64)36-41)62-27-13-22-55-53-20-6-11-26-60(53)65(63(55)62)58-24-9-4-18-51(58)52-19-5-10-25-59(52)65/h1-33,39-42,47-48H,34-38H2. The lowest BCUT2D eigenvalue weighted by molar-refractivity contribution is -0.0399. The van der Waals surface area contributed by atoms with Gasteiger partial charge in [-0.2, -0.15) is 0 Å². The predicted octanol–water partition coefficient (Wildman–Crippen LogP) is 16.6. The number of hydrogen-bond acceptors (Lipinski definition) is 1. The van der Waals surface area contributed by atoms with Gasteiger partial charge in [-0.3, -0.25) is 0 Å². The summed E-state index contributed by atoms with van der Waals surface area (Å²) in [7, 11) is 0. The van der Waals surface area contributed by atoms with E-state index in [9.17, 15) is 0 Å². The summed E-state index contributed by atoms with van der Waals surface area (Å²) in [6.45, 7) is 0. The number of fused-ring (bicyclic) bond motifs is 13.